The van der Waals surface area contributed by atoms with Crippen LogP contribution in [0.25, 0.3) is 0 Å². The third kappa shape index (κ3) is 5.28. The topological polar surface area (TPSA) is 76.1 Å². The largest absolute Gasteiger partial charge is 0.494 e. The third-order valence-corrected chi connectivity index (χ3v) is 3.88. The van der Waals surface area contributed by atoms with Crippen LogP contribution in [0.15, 0.2) is 60.9 Å². The number of ether oxygens (including phenoxy) is 1. The molecule has 138 valence electrons. The van der Waals surface area contributed by atoms with Gasteiger partial charge in [0.25, 0.3) is 5.91 Å². The lowest BCUT2D eigenvalue weighted by atomic mass is 10.1. The van der Waals surface area contributed by atoms with Crippen molar-refractivity contribution in [1.82, 2.24) is 9.97 Å². The summed E-state index contributed by atoms with van der Waals surface area (Å²) >= 11 is 0. The van der Waals surface area contributed by atoms with E-state index in [0.717, 1.165) is 11.3 Å². The minimum Gasteiger partial charge on any atom is -0.494 e. The van der Waals surface area contributed by atoms with Crippen molar-refractivity contribution in [3.63, 3.8) is 0 Å². The standard InChI is InChI=1S/C21H22N4O2/c1-3-27-18-9-7-17(8-10-18)25-21(26)19-12-20(24-14-23-19)22-13-16-6-4-5-15(2)11-16/h4-12,14H,3,13H2,1-2H3,(H,25,26)(H,22,23,24). The van der Waals surface area contributed by atoms with Gasteiger partial charge in [0.15, 0.2) is 0 Å². The maximum Gasteiger partial charge on any atom is 0.274 e. The highest BCUT2D eigenvalue weighted by Crippen LogP contribution is 2.16. The quantitative estimate of drug-likeness (QED) is 0.663. The summed E-state index contributed by atoms with van der Waals surface area (Å²) in [6.07, 6.45) is 1.38. The molecule has 1 amide bonds. The van der Waals surface area contributed by atoms with Gasteiger partial charge in [0.1, 0.15) is 23.6 Å². The highest BCUT2D eigenvalue weighted by Gasteiger charge is 2.09. The fraction of sp³-hybridized carbons (Fsp3) is 0.190. The Morgan fingerprint density at radius 1 is 1.07 bits per heavy atom. The first-order valence-electron chi connectivity index (χ1n) is 8.79. The molecule has 6 heteroatoms. The van der Waals surface area contributed by atoms with Gasteiger partial charge in [-0.15, -0.1) is 0 Å². The Morgan fingerprint density at radius 2 is 1.89 bits per heavy atom. The molecule has 0 aliphatic carbocycles. The number of aromatic nitrogens is 2. The fourth-order valence-corrected chi connectivity index (χ4v) is 2.59. The van der Waals surface area contributed by atoms with Crippen molar-refractivity contribution >= 4 is 17.4 Å². The smallest absolute Gasteiger partial charge is 0.274 e. The molecule has 0 radical (unpaired) electrons. The second-order valence-electron chi connectivity index (χ2n) is 6.04. The highest BCUT2D eigenvalue weighted by molar-refractivity contribution is 6.03. The van der Waals surface area contributed by atoms with Crippen LogP contribution in [0.4, 0.5) is 11.5 Å². The van der Waals surface area contributed by atoms with Crippen LogP contribution < -0.4 is 15.4 Å². The van der Waals surface area contributed by atoms with Crippen LogP contribution in [-0.4, -0.2) is 22.5 Å². The van der Waals surface area contributed by atoms with E-state index in [1.165, 1.54) is 11.9 Å². The Labute approximate surface area is 158 Å². The minimum absolute atomic E-state index is 0.292. The summed E-state index contributed by atoms with van der Waals surface area (Å²) in [5.41, 5.74) is 3.32. The van der Waals surface area contributed by atoms with E-state index in [1.54, 1.807) is 18.2 Å². The molecule has 0 unspecified atom stereocenters. The van der Waals surface area contributed by atoms with Crippen molar-refractivity contribution in [3.05, 3.63) is 77.7 Å². The van der Waals surface area contributed by atoms with Crippen LogP contribution in [0.1, 0.15) is 28.5 Å². The Bertz CT molecular complexity index is 910. The summed E-state index contributed by atoms with van der Waals surface area (Å²) in [6.45, 7) is 5.20. The van der Waals surface area contributed by atoms with Gasteiger partial charge in [0.2, 0.25) is 0 Å². The SMILES string of the molecule is CCOc1ccc(NC(=O)c2cc(NCc3cccc(C)c3)ncn2)cc1. The zero-order valence-electron chi connectivity index (χ0n) is 15.4. The molecule has 2 aromatic carbocycles. The van der Waals surface area contributed by atoms with Crippen LogP contribution in [0.3, 0.4) is 0 Å². The molecule has 0 fully saturated rings. The Morgan fingerprint density at radius 3 is 2.63 bits per heavy atom. The molecule has 1 heterocycles. The number of rotatable bonds is 7. The molecule has 0 saturated heterocycles. The lowest BCUT2D eigenvalue weighted by molar-refractivity contribution is 0.102. The second-order valence-corrected chi connectivity index (χ2v) is 6.04. The molecule has 2 N–H and O–H groups in total. The first-order chi connectivity index (χ1) is 13.1. The summed E-state index contributed by atoms with van der Waals surface area (Å²) < 4.78 is 5.40. The monoisotopic (exact) mass is 362 g/mol. The van der Waals surface area contributed by atoms with Gasteiger partial charge in [0, 0.05) is 18.3 Å². The van der Waals surface area contributed by atoms with E-state index in [4.69, 9.17) is 4.74 Å². The second kappa shape index (κ2) is 8.80. The van der Waals surface area contributed by atoms with Gasteiger partial charge in [-0.25, -0.2) is 9.97 Å². The number of hydrogen-bond acceptors (Lipinski definition) is 5. The van der Waals surface area contributed by atoms with E-state index in [9.17, 15) is 4.79 Å². The molecule has 0 bridgehead atoms. The zero-order chi connectivity index (χ0) is 19.1. The summed E-state index contributed by atoms with van der Waals surface area (Å²) in [4.78, 5) is 20.7. The third-order valence-electron chi connectivity index (χ3n) is 3.88. The number of benzene rings is 2. The molecule has 0 aliphatic heterocycles. The summed E-state index contributed by atoms with van der Waals surface area (Å²) in [6, 6.07) is 17.1. The molecule has 1 aromatic heterocycles. The Kier molecular flexibility index (Phi) is 5.99. The van der Waals surface area contributed by atoms with Gasteiger partial charge in [-0.3, -0.25) is 4.79 Å². The highest BCUT2D eigenvalue weighted by atomic mass is 16.5. The van der Waals surface area contributed by atoms with E-state index in [2.05, 4.69) is 39.7 Å². The maximum atomic E-state index is 12.4. The van der Waals surface area contributed by atoms with Crippen LogP contribution in [0, 0.1) is 6.92 Å². The van der Waals surface area contributed by atoms with Gasteiger partial charge in [-0.1, -0.05) is 29.8 Å². The van der Waals surface area contributed by atoms with Crippen LogP contribution in [0.2, 0.25) is 0 Å². The van der Waals surface area contributed by atoms with Crippen molar-refractivity contribution in [1.29, 1.82) is 0 Å². The summed E-state index contributed by atoms with van der Waals surface area (Å²) in [7, 11) is 0. The predicted molar refractivity (Wildman–Crippen MR) is 106 cm³/mol. The van der Waals surface area contributed by atoms with Gasteiger partial charge in [0.05, 0.1) is 6.61 Å². The molecule has 27 heavy (non-hydrogen) atoms. The van der Waals surface area contributed by atoms with Crippen LogP contribution in [0.5, 0.6) is 5.75 Å². The molecule has 0 saturated carbocycles. The van der Waals surface area contributed by atoms with Crippen molar-refractivity contribution in [2.75, 3.05) is 17.2 Å². The molecule has 3 aromatic rings. The zero-order valence-corrected chi connectivity index (χ0v) is 15.4. The molecular weight excluding hydrogens is 340 g/mol. The Balaban J connectivity index is 1.62. The number of hydrogen-bond donors (Lipinski definition) is 2. The maximum absolute atomic E-state index is 12.4. The van der Waals surface area contributed by atoms with Crippen LogP contribution in [-0.2, 0) is 6.54 Å². The number of carbonyl (C=O) groups is 1. The van der Waals surface area contributed by atoms with E-state index in [-0.39, 0.29) is 5.91 Å². The number of nitrogens with one attached hydrogen (secondary N) is 2. The van der Waals surface area contributed by atoms with Gasteiger partial charge < -0.3 is 15.4 Å². The first-order valence-corrected chi connectivity index (χ1v) is 8.79. The molecule has 0 spiro atoms. The average molecular weight is 362 g/mol. The molecule has 3 rings (SSSR count). The van der Waals surface area contributed by atoms with E-state index in [0.29, 0.717) is 30.4 Å². The van der Waals surface area contributed by atoms with Crippen molar-refractivity contribution in [2.45, 2.75) is 20.4 Å². The summed E-state index contributed by atoms with van der Waals surface area (Å²) in [5.74, 6) is 1.07. The van der Waals surface area contributed by atoms with E-state index >= 15 is 0 Å². The Hall–Kier alpha value is -3.41. The lowest BCUT2D eigenvalue weighted by Gasteiger charge is -2.09. The molecule has 6 nitrogen and oxygen atoms in total. The molecular formula is C21H22N4O2. The van der Waals surface area contributed by atoms with Crippen molar-refractivity contribution < 1.29 is 9.53 Å². The number of nitrogens with zero attached hydrogens (tertiary/aromatic N) is 2. The normalized spacial score (nSPS) is 10.3. The van der Waals surface area contributed by atoms with E-state index < -0.39 is 0 Å². The average Bonchev–Trinajstić information content (AvgIpc) is 2.68. The minimum atomic E-state index is -0.292. The van der Waals surface area contributed by atoms with Gasteiger partial charge in [-0.2, -0.15) is 0 Å². The predicted octanol–water partition coefficient (Wildman–Crippen LogP) is 4.05. The molecule has 0 atom stereocenters. The van der Waals surface area contributed by atoms with Gasteiger partial charge in [-0.05, 0) is 43.7 Å². The van der Waals surface area contributed by atoms with Crippen LogP contribution >= 0.6 is 0 Å². The van der Waals surface area contributed by atoms with E-state index in [1.807, 2.05) is 31.2 Å². The number of anilines is 2. The van der Waals surface area contributed by atoms with Gasteiger partial charge >= 0.3 is 0 Å². The first kappa shape index (κ1) is 18.4. The molecule has 0 aliphatic rings. The number of aryl methyl sites for hydroxylation is 1. The number of carbonyl (C=O) groups excluding carboxylic acids is 1. The summed E-state index contributed by atoms with van der Waals surface area (Å²) in [5, 5.41) is 6.04. The lowest BCUT2D eigenvalue weighted by Crippen LogP contribution is -2.14. The number of amides is 1. The van der Waals surface area contributed by atoms with Crippen molar-refractivity contribution in [3.8, 4) is 5.75 Å². The van der Waals surface area contributed by atoms with Crippen molar-refractivity contribution in [2.24, 2.45) is 0 Å². The fourth-order valence-electron chi connectivity index (χ4n) is 2.59.